The van der Waals surface area contributed by atoms with Crippen molar-refractivity contribution < 1.29 is 9.90 Å². The molecule has 6 heteroatoms. The Morgan fingerprint density at radius 3 is 2.93 bits per heavy atom. The van der Waals surface area contributed by atoms with Crippen LogP contribution in [0.4, 0.5) is 0 Å². The van der Waals surface area contributed by atoms with Crippen LogP contribution in [0, 0.1) is 0 Å². The number of benzene rings is 1. The van der Waals surface area contributed by atoms with E-state index in [4.69, 9.17) is 5.10 Å². The lowest BCUT2D eigenvalue weighted by atomic mass is 9.97. The Kier molecular flexibility index (Phi) is 4.52. The van der Waals surface area contributed by atoms with Crippen LogP contribution in [0.2, 0.25) is 0 Å². The van der Waals surface area contributed by atoms with Crippen molar-refractivity contribution in [1.82, 2.24) is 20.0 Å². The Morgan fingerprint density at radius 2 is 2.22 bits per heavy atom. The third-order valence-electron chi connectivity index (χ3n) is 5.60. The fraction of sp³-hybridized carbons (Fsp3) is 0.429. The average Bonchev–Trinajstić information content (AvgIpc) is 2.92. The van der Waals surface area contributed by atoms with Gasteiger partial charge < -0.3 is 15.3 Å². The molecule has 0 bridgehead atoms. The highest BCUT2D eigenvalue weighted by atomic mass is 16.3. The summed E-state index contributed by atoms with van der Waals surface area (Å²) in [6, 6.07) is 5.92. The molecule has 0 saturated carbocycles. The summed E-state index contributed by atoms with van der Waals surface area (Å²) in [5.74, 6) is 0.581. The van der Waals surface area contributed by atoms with E-state index in [9.17, 15) is 9.90 Å². The number of carbonyl (C=O) groups excluding carboxylic acids is 1. The second-order valence-corrected chi connectivity index (χ2v) is 7.62. The lowest BCUT2D eigenvalue weighted by Crippen LogP contribution is -2.40. The first kappa shape index (κ1) is 17.8. The Balaban J connectivity index is 1.75. The van der Waals surface area contributed by atoms with Crippen molar-refractivity contribution in [3.05, 3.63) is 53.4 Å². The van der Waals surface area contributed by atoms with E-state index >= 15 is 0 Å². The average molecular weight is 366 g/mol. The van der Waals surface area contributed by atoms with Crippen LogP contribution < -0.4 is 5.32 Å². The smallest absolute Gasteiger partial charge is 0.246 e. The van der Waals surface area contributed by atoms with Crippen LogP contribution >= 0.6 is 0 Å². The minimum absolute atomic E-state index is 0.0381. The van der Waals surface area contributed by atoms with Gasteiger partial charge in [-0.3, -0.25) is 4.79 Å². The zero-order valence-electron chi connectivity index (χ0n) is 15.9. The molecule has 3 heterocycles. The van der Waals surface area contributed by atoms with E-state index in [1.807, 2.05) is 21.7 Å². The Hall–Kier alpha value is -2.60. The van der Waals surface area contributed by atoms with E-state index in [-0.39, 0.29) is 17.7 Å². The van der Waals surface area contributed by atoms with E-state index in [2.05, 4.69) is 31.8 Å². The van der Waals surface area contributed by atoms with Crippen molar-refractivity contribution in [2.45, 2.75) is 38.6 Å². The molecule has 2 aliphatic rings. The second-order valence-electron chi connectivity index (χ2n) is 7.62. The van der Waals surface area contributed by atoms with Crippen LogP contribution in [0.25, 0.3) is 5.69 Å². The number of phenolic OH excluding ortho intramolecular Hbond substituents is 1. The van der Waals surface area contributed by atoms with Gasteiger partial charge in [0.15, 0.2) is 0 Å². The number of rotatable bonds is 3. The molecular formula is C21H26N4O2. The van der Waals surface area contributed by atoms with Gasteiger partial charge in [0.2, 0.25) is 5.91 Å². The summed E-state index contributed by atoms with van der Waals surface area (Å²) in [5.41, 5.74) is 5.16. The van der Waals surface area contributed by atoms with Crippen LogP contribution in [0.1, 0.15) is 48.3 Å². The summed E-state index contributed by atoms with van der Waals surface area (Å²) >= 11 is 0. The predicted octanol–water partition coefficient (Wildman–Crippen LogP) is 2.46. The molecule has 2 aliphatic heterocycles. The highest BCUT2D eigenvalue weighted by molar-refractivity contribution is 5.87. The standard InChI is InChI=1S/C21H26N4O2/c1-4-20(27)24-10-8-15-21-16(12-24)22-9-7-18(21)25(23-15)17-6-5-14(13(2)3)11-19(17)26/h4-6,11,13,16,22,26H,1,7-10,12H2,2-3H3. The summed E-state index contributed by atoms with van der Waals surface area (Å²) in [6.07, 6.45) is 2.93. The highest BCUT2D eigenvalue weighted by Crippen LogP contribution is 2.34. The molecule has 1 aromatic heterocycles. The van der Waals surface area contributed by atoms with Crippen LogP contribution in [0.5, 0.6) is 5.75 Å². The summed E-state index contributed by atoms with van der Waals surface area (Å²) < 4.78 is 1.91. The maximum atomic E-state index is 12.1. The number of hydrogen-bond donors (Lipinski definition) is 2. The van der Waals surface area contributed by atoms with Gasteiger partial charge in [-0.1, -0.05) is 26.5 Å². The molecule has 1 atom stereocenters. The molecule has 0 saturated heterocycles. The van der Waals surface area contributed by atoms with Crippen LogP contribution in [-0.2, 0) is 17.6 Å². The van der Waals surface area contributed by atoms with Crippen molar-refractivity contribution in [1.29, 1.82) is 0 Å². The lowest BCUT2D eigenvalue weighted by molar-refractivity contribution is -0.126. The monoisotopic (exact) mass is 366 g/mol. The van der Waals surface area contributed by atoms with Gasteiger partial charge in [-0.05, 0) is 29.7 Å². The molecule has 0 fully saturated rings. The molecule has 0 radical (unpaired) electrons. The molecule has 142 valence electrons. The Labute approximate surface area is 159 Å². The summed E-state index contributed by atoms with van der Waals surface area (Å²) in [7, 11) is 0. The zero-order chi connectivity index (χ0) is 19.1. The molecule has 2 aromatic rings. The summed E-state index contributed by atoms with van der Waals surface area (Å²) in [5, 5.41) is 19.0. The molecule has 1 unspecified atom stereocenters. The van der Waals surface area contributed by atoms with Gasteiger partial charge in [0.05, 0.1) is 17.4 Å². The van der Waals surface area contributed by atoms with Gasteiger partial charge in [-0.25, -0.2) is 4.68 Å². The van der Waals surface area contributed by atoms with Gasteiger partial charge in [0.1, 0.15) is 11.4 Å². The van der Waals surface area contributed by atoms with Gasteiger partial charge in [0, 0.05) is 38.0 Å². The molecule has 0 aliphatic carbocycles. The van der Waals surface area contributed by atoms with Crippen LogP contribution in [-0.4, -0.2) is 45.3 Å². The molecular weight excluding hydrogens is 340 g/mol. The van der Waals surface area contributed by atoms with Crippen molar-refractivity contribution in [2.75, 3.05) is 19.6 Å². The molecule has 6 nitrogen and oxygen atoms in total. The summed E-state index contributed by atoms with van der Waals surface area (Å²) in [4.78, 5) is 13.9. The maximum Gasteiger partial charge on any atom is 0.246 e. The number of phenols is 1. The van der Waals surface area contributed by atoms with Crippen molar-refractivity contribution in [3.63, 3.8) is 0 Å². The SMILES string of the molecule is C=CC(=O)N1CCc2nn(-c3ccc(C(C)C)cc3O)c3c2C(C1)NCC3. The first-order valence-corrected chi connectivity index (χ1v) is 9.58. The topological polar surface area (TPSA) is 70.4 Å². The van der Waals surface area contributed by atoms with E-state index in [1.165, 1.54) is 11.6 Å². The fourth-order valence-electron chi connectivity index (χ4n) is 4.13. The first-order chi connectivity index (χ1) is 13.0. The molecule has 1 amide bonds. The zero-order valence-corrected chi connectivity index (χ0v) is 15.9. The quantitative estimate of drug-likeness (QED) is 0.819. The van der Waals surface area contributed by atoms with Crippen molar-refractivity contribution in [3.8, 4) is 11.4 Å². The van der Waals surface area contributed by atoms with Gasteiger partial charge in [-0.2, -0.15) is 5.10 Å². The van der Waals surface area contributed by atoms with Crippen LogP contribution in [0.3, 0.4) is 0 Å². The third-order valence-corrected chi connectivity index (χ3v) is 5.60. The number of aromatic nitrogens is 2. The minimum Gasteiger partial charge on any atom is -0.506 e. The van der Waals surface area contributed by atoms with E-state index < -0.39 is 0 Å². The first-order valence-electron chi connectivity index (χ1n) is 9.58. The van der Waals surface area contributed by atoms with E-state index in [0.717, 1.165) is 35.6 Å². The predicted molar refractivity (Wildman–Crippen MR) is 104 cm³/mol. The molecule has 2 N–H and O–H groups in total. The van der Waals surface area contributed by atoms with E-state index in [1.54, 1.807) is 0 Å². The normalized spacial score (nSPS) is 18.9. The van der Waals surface area contributed by atoms with Crippen LogP contribution in [0.15, 0.2) is 30.9 Å². The number of amides is 1. The Morgan fingerprint density at radius 1 is 1.41 bits per heavy atom. The highest BCUT2D eigenvalue weighted by Gasteiger charge is 2.33. The van der Waals surface area contributed by atoms with Gasteiger partial charge in [-0.15, -0.1) is 0 Å². The number of nitrogens with one attached hydrogen (secondary N) is 1. The fourth-order valence-corrected chi connectivity index (χ4v) is 4.13. The van der Waals surface area contributed by atoms with Crippen molar-refractivity contribution in [2.24, 2.45) is 0 Å². The summed E-state index contributed by atoms with van der Waals surface area (Å²) in [6.45, 7) is 9.91. The molecule has 0 spiro atoms. The van der Waals surface area contributed by atoms with Gasteiger partial charge in [0.25, 0.3) is 0 Å². The van der Waals surface area contributed by atoms with E-state index in [0.29, 0.717) is 25.4 Å². The number of nitrogens with zero attached hydrogens (tertiary/aromatic N) is 3. The molecule has 4 rings (SSSR count). The molecule has 1 aromatic carbocycles. The van der Waals surface area contributed by atoms with Gasteiger partial charge >= 0.3 is 0 Å². The molecule has 27 heavy (non-hydrogen) atoms. The number of carbonyl (C=O) groups is 1. The maximum absolute atomic E-state index is 12.1. The largest absolute Gasteiger partial charge is 0.506 e. The third kappa shape index (κ3) is 3.04. The van der Waals surface area contributed by atoms with Crippen molar-refractivity contribution >= 4 is 5.91 Å². The second kappa shape index (κ2) is 6.85. The minimum atomic E-state index is -0.0381. The number of hydrogen-bond acceptors (Lipinski definition) is 4. The Bertz CT molecular complexity index is 900. The number of aromatic hydroxyl groups is 1. The lowest BCUT2D eigenvalue weighted by Gasteiger charge is -2.28.